The maximum Gasteiger partial charge on any atom is 0.240 e. The van der Waals surface area contributed by atoms with E-state index in [0.29, 0.717) is 17.9 Å². The smallest absolute Gasteiger partial charge is 0.240 e. The number of nitrogens with zero attached hydrogens (tertiary/aromatic N) is 1. The fourth-order valence-corrected chi connectivity index (χ4v) is 3.16. The molecule has 0 aliphatic carbocycles. The van der Waals surface area contributed by atoms with Crippen LogP contribution in [0.2, 0.25) is 0 Å². The molecule has 1 N–H and O–H groups in total. The summed E-state index contributed by atoms with van der Waals surface area (Å²) in [5, 5.41) is 3.40. The van der Waals surface area contributed by atoms with Crippen LogP contribution in [-0.2, 0) is 9.53 Å². The largest absolute Gasteiger partial charge is 0.378 e. The van der Waals surface area contributed by atoms with E-state index in [1.807, 2.05) is 11.8 Å². The summed E-state index contributed by atoms with van der Waals surface area (Å²) in [6.45, 7) is 10.1. The monoisotopic (exact) mass is 254 g/mol. The third kappa shape index (κ3) is 2.54. The third-order valence-electron chi connectivity index (χ3n) is 4.22. The minimum absolute atomic E-state index is 0.0419. The fraction of sp³-hybridized carbons (Fsp3) is 0.929. The van der Waals surface area contributed by atoms with Crippen LogP contribution in [-0.4, -0.2) is 42.3 Å². The highest BCUT2D eigenvalue weighted by molar-refractivity contribution is 5.83. The van der Waals surface area contributed by atoms with Gasteiger partial charge in [0, 0.05) is 19.1 Å². The molecule has 4 nitrogen and oxygen atoms in total. The van der Waals surface area contributed by atoms with Crippen LogP contribution in [0, 0.1) is 11.8 Å². The number of hydrogen-bond acceptors (Lipinski definition) is 3. The number of carbonyl (C=O) groups excluding carboxylic acids is 1. The Kier molecular flexibility index (Phi) is 4.28. The van der Waals surface area contributed by atoms with E-state index in [-0.39, 0.29) is 18.1 Å². The summed E-state index contributed by atoms with van der Waals surface area (Å²) < 4.78 is 5.72. The SMILES string of the molecule is CCC1OCCC1CN1C(=O)C(C)NC1C(C)C. The lowest BCUT2D eigenvalue weighted by atomic mass is 9.98. The van der Waals surface area contributed by atoms with Crippen LogP contribution in [0.3, 0.4) is 0 Å². The first kappa shape index (κ1) is 13.8. The average molecular weight is 254 g/mol. The van der Waals surface area contributed by atoms with Crippen LogP contribution in [0.1, 0.15) is 40.5 Å². The summed E-state index contributed by atoms with van der Waals surface area (Å²) >= 11 is 0. The molecule has 104 valence electrons. The lowest BCUT2D eigenvalue weighted by Gasteiger charge is -2.30. The van der Waals surface area contributed by atoms with E-state index in [1.54, 1.807) is 0 Å². The van der Waals surface area contributed by atoms with Crippen molar-refractivity contribution in [1.82, 2.24) is 10.2 Å². The predicted octanol–water partition coefficient (Wildman–Crippen LogP) is 1.60. The molecule has 1 amide bonds. The molecule has 0 bridgehead atoms. The van der Waals surface area contributed by atoms with E-state index in [9.17, 15) is 4.79 Å². The predicted molar refractivity (Wildman–Crippen MR) is 71.1 cm³/mol. The van der Waals surface area contributed by atoms with Crippen LogP contribution in [0.5, 0.6) is 0 Å². The van der Waals surface area contributed by atoms with Crippen molar-refractivity contribution < 1.29 is 9.53 Å². The molecule has 4 atom stereocenters. The van der Waals surface area contributed by atoms with Crippen molar-refractivity contribution in [3.8, 4) is 0 Å². The Morgan fingerprint density at radius 3 is 2.83 bits per heavy atom. The molecular formula is C14H26N2O2. The zero-order valence-corrected chi connectivity index (χ0v) is 12.0. The topological polar surface area (TPSA) is 41.6 Å². The minimum Gasteiger partial charge on any atom is -0.378 e. The summed E-state index contributed by atoms with van der Waals surface area (Å²) in [7, 11) is 0. The number of ether oxygens (including phenoxy) is 1. The summed E-state index contributed by atoms with van der Waals surface area (Å²) in [5.74, 6) is 1.20. The molecular weight excluding hydrogens is 228 g/mol. The minimum atomic E-state index is -0.0419. The Bertz CT molecular complexity index is 306. The van der Waals surface area contributed by atoms with Gasteiger partial charge < -0.3 is 9.64 Å². The van der Waals surface area contributed by atoms with E-state index in [4.69, 9.17) is 4.74 Å². The highest BCUT2D eigenvalue weighted by atomic mass is 16.5. The second-order valence-electron chi connectivity index (χ2n) is 5.93. The zero-order valence-electron chi connectivity index (χ0n) is 12.0. The van der Waals surface area contributed by atoms with Gasteiger partial charge in [-0.25, -0.2) is 0 Å². The molecule has 0 saturated carbocycles. The Hall–Kier alpha value is -0.610. The molecule has 2 rings (SSSR count). The molecule has 2 saturated heterocycles. The standard InChI is InChI=1S/C14H26N2O2/c1-5-12-11(6-7-18-12)8-16-13(9(2)3)15-10(4)14(16)17/h9-13,15H,5-8H2,1-4H3. The Morgan fingerprint density at radius 1 is 1.50 bits per heavy atom. The highest BCUT2D eigenvalue weighted by Gasteiger charge is 2.40. The summed E-state index contributed by atoms with van der Waals surface area (Å²) in [4.78, 5) is 14.3. The Morgan fingerprint density at radius 2 is 2.22 bits per heavy atom. The molecule has 0 radical (unpaired) electrons. The van der Waals surface area contributed by atoms with Crippen molar-refractivity contribution >= 4 is 5.91 Å². The van der Waals surface area contributed by atoms with E-state index >= 15 is 0 Å². The van der Waals surface area contributed by atoms with Gasteiger partial charge in [0.25, 0.3) is 0 Å². The van der Waals surface area contributed by atoms with Gasteiger partial charge >= 0.3 is 0 Å². The molecule has 0 aromatic heterocycles. The molecule has 4 heteroatoms. The van der Waals surface area contributed by atoms with Gasteiger partial charge in [0.05, 0.1) is 18.3 Å². The lowest BCUT2D eigenvalue weighted by molar-refractivity contribution is -0.131. The number of hydrogen-bond donors (Lipinski definition) is 1. The second-order valence-corrected chi connectivity index (χ2v) is 5.93. The van der Waals surface area contributed by atoms with Crippen molar-refractivity contribution in [1.29, 1.82) is 0 Å². The first-order valence-corrected chi connectivity index (χ1v) is 7.22. The first-order valence-electron chi connectivity index (χ1n) is 7.22. The number of amides is 1. The second kappa shape index (κ2) is 5.57. The average Bonchev–Trinajstić information content (AvgIpc) is 2.88. The third-order valence-corrected chi connectivity index (χ3v) is 4.22. The molecule has 2 aliphatic heterocycles. The zero-order chi connectivity index (χ0) is 13.3. The molecule has 0 spiro atoms. The van der Waals surface area contributed by atoms with Crippen LogP contribution < -0.4 is 5.32 Å². The van der Waals surface area contributed by atoms with Crippen molar-refractivity contribution in [2.24, 2.45) is 11.8 Å². The summed E-state index contributed by atoms with van der Waals surface area (Å²) in [5.41, 5.74) is 0. The molecule has 18 heavy (non-hydrogen) atoms. The Labute approximate surface area is 110 Å². The molecule has 0 aromatic carbocycles. The maximum absolute atomic E-state index is 12.2. The molecule has 2 aliphatic rings. The van der Waals surface area contributed by atoms with Crippen LogP contribution in [0.15, 0.2) is 0 Å². The number of carbonyl (C=O) groups is 1. The van der Waals surface area contributed by atoms with Crippen LogP contribution in [0.25, 0.3) is 0 Å². The van der Waals surface area contributed by atoms with Gasteiger partial charge in [-0.1, -0.05) is 20.8 Å². The van der Waals surface area contributed by atoms with Gasteiger partial charge in [0.2, 0.25) is 5.91 Å². The van der Waals surface area contributed by atoms with E-state index in [0.717, 1.165) is 26.0 Å². The maximum atomic E-state index is 12.2. The van der Waals surface area contributed by atoms with Crippen molar-refractivity contribution in [2.45, 2.75) is 58.8 Å². The molecule has 4 unspecified atom stereocenters. The highest BCUT2D eigenvalue weighted by Crippen LogP contribution is 2.27. The van der Waals surface area contributed by atoms with E-state index in [2.05, 4.69) is 26.1 Å². The quantitative estimate of drug-likeness (QED) is 0.828. The number of rotatable bonds is 4. The van der Waals surface area contributed by atoms with Gasteiger partial charge in [-0.05, 0) is 25.7 Å². The summed E-state index contributed by atoms with van der Waals surface area (Å²) in [6.07, 6.45) is 2.65. The van der Waals surface area contributed by atoms with Crippen molar-refractivity contribution in [3.05, 3.63) is 0 Å². The molecule has 2 fully saturated rings. The summed E-state index contributed by atoms with van der Waals surface area (Å²) in [6, 6.07) is -0.0419. The van der Waals surface area contributed by atoms with Gasteiger partial charge in [-0.2, -0.15) is 0 Å². The van der Waals surface area contributed by atoms with Crippen molar-refractivity contribution in [3.63, 3.8) is 0 Å². The van der Waals surface area contributed by atoms with Gasteiger partial charge in [0.15, 0.2) is 0 Å². The first-order chi connectivity index (χ1) is 8.54. The van der Waals surface area contributed by atoms with E-state index < -0.39 is 0 Å². The van der Waals surface area contributed by atoms with Gasteiger partial charge in [-0.15, -0.1) is 0 Å². The van der Waals surface area contributed by atoms with E-state index in [1.165, 1.54) is 0 Å². The molecule has 2 heterocycles. The lowest BCUT2D eigenvalue weighted by Crippen LogP contribution is -2.44. The Balaban J connectivity index is 2.03. The van der Waals surface area contributed by atoms with Crippen molar-refractivity contribution in [2.75, 3.05) is 13.2 Å². The normalized spacial score (nSPS) is 36.9. The molecule has 0 aromatic rings. The fourth-order valence-electron chi connectivity index (χ4n) is 3.16. The van der Waals surface area contributed by atoms with Gasteiger partial charge in [0.1, 0.15) is 0 Å². The van der Waals surface area contributed by atoms with Gasteiger partial charge in [-0.3, -0.25) is 10.1 Å². The van der Waals surface area contributed by atoms with Crippen LogP contribution >= 0.6 is 0 Å². The number of nitrogens with one attached hydrogen (secondary N) is 1. The van der Waals surface area contributed by atoms with Crippen LogP contribution in [0.4, 0.5) is 0 Å².